The van der Waals surface area contributed by atoms with Gasteiger partial charge in [-0.15, -0.1) is 6.42 Å². The topological polar surface area (TPSA) is 119 Å². The highest BCUT2D eigenvalue weighted by Gasteiger charge is 2.34. The van der Waals surface area contributed by atoms with Crippen LogP contribution in [0, 0.1) is 18.3 Å². The van der Waals surface area contributed by atoms with Crippen LogP contribution in [0.25, 0.3) is 0 Å². The van der Waals surface area contributed by atoms with Crippen molar-refractivity contribution < 1.29 is 37.8 Å². The van der Waals surface area contributed by atoms with Crippen LogP contribution in [0.2, 0.25) is 5.02 Å². The van der Waals surface area contributed by atoms with Crippen LogP contribution in [-0.4, -0.2) is 57.8 Å². The van der Waals surface area contributed by atoms with Crippen LogP contribution in [0.1, 0.15) is 24.0 Å². The molecule has 3 rings (SSSR count). The molecule has 0 radical (unpaired) electrons. The van der Waals surface area contributed by atoms with Crippen molar-refractivity contribution in [1.82, 2.24) is 10.2 Å². The Morgan fingerprint density at radius 2 is 1.86 bits per heavy atom. The highest BCUT2D eigenvalue weighted by atomic mass is 35.5. The third-order valence-electron chi connectivity index (χ3n) is 5.14. The minimum absolute atomic E-state index is 0.0749. The van der Waals surface area contributed by atoms with Crippen LogP contribution in [-0.2, 0) is 22.3 Å². The number of nitrogens with one attached hydrogen (secondary N) is 1. The van der Waals surface area contributed by atoms with Crippen LogP contribution in [0.3, 0.4) is 0 Å². The number of nitrogens with zero attached hydrogens (tertiary/aromatic N) is 2. The van der Waals surface area contributed by atoms with Crippen molar-refractivity contribution >= 4 is 46.4 Å². The minimum Gasteiger partial charge on any atom is -0.478 e. The van der Waals surface area contributed by atoms with E-state index in [-0.39, 0.29) is 34.8 Å². The fourth-order valence-electron chi connectivity index (χ4n) is 3.51. The number of rotatable bonds is 6. The number of carbonyl (C=O) groups excluding carboxylic acids is 1. The first kappa shape index (κ1) is 30.0. The number of amides is 1. The van der Waals surface area contributed by atoms with Gasteiger partial charge in [0.05, 0.1) is 10.5 Å². The molecule has 198 valence electrons. The molecule has 0 aliphatic carbocycles. The second kappa shape index (κ2) is 13.9. The molecule has 0 bridgehead atoms. The SMILES string of the molecule is C#CCN=C1NC(=O)S/C1=C\C1CCN(Cc2ccc(Cl)cc2C(F)(F)F)CC1.O=C(O)/C=C/C(=O)O. The number of aliphatic imine (C=N–C) groups is 1. The van der Waals surface area contributed by atoms with Crippen LogP contribution in [0.15, 0.2) is 46.3 Å². The smallest absolute Gasteiger partial charge is 0.416 e. The first-order chi connectivity index (χ1) is 17.4. The number of carboxylic acid groups (broad SMARTS) is 2. The third kappa shape index (κ3) is 10.3. The number of terminal acetylenes is 1. The van der Waals surface area contributed by atoms with E-state index in [4.69, 9.17) is 28.2 Å². The number of thioether (sulfide) groups is 1. The van der Waals surface area contributed by atoms with Gasteiger partial charge in [-0.05, 0) is 61.3 Å². The molecule has 2 saturated heterocycles. The second-order valence-electron chi connectivity index (χ2n) is 7.84. The number of hydrogen-bond acceptors (Lipinski definition) is 6. The number of allylic oxidation sites excluding steroid dienone is 1. The molecule has 1 aromatic rings. The molecule has 1 amide bonds. The predicted octanol–water partition coefficient (Wildman–Crippen LogP) is 4.65. The lowest BCUT2D eigenvalue weighted by atomic mass is 9.95. The Balaban J connectivity index is 0.000000521. The number of halogens is 4. The van der Waals surface area contributed by atoms with Crippen molar-refractivity contribution in [2.75, 3.05) is 19.6 Å². The van der Waals surface area contributed by atoms with E-state index in [1.807, 2.05) is 11.0 Å². The number of benzene rings is 1. The Hall–Kier alpha value is -3.27. The molecular formula is C24H23ClF3N3O5S. The van der Waals surface area contributed by atoms with Crippen LogP contribution < -0.4 is 5.32 Å². The molecule has 0 aromatic heterocycles. The Morgan fingerprint density at radius 1 is 1.24 bits per heavy atom. The van der Waals surface area contributed by atoms with E-state index in [1.165, 1.54) is 12.1 Å². The summed E-state index contributed by atoms with van der Waals surface area (Å²) in [6.45, 7) is 1.74. The van der Waals surface area contributed by atoms with Crippen molar-refractivity contribution in [1.29, 1.82) is 0 Å². The number of carbonyl (C=O) groups is 3. The zero-order valence-electron chi connectivity index (χ0n) is 19.3. The minimum atomic E-state index is -4.43. The zero-order chi connectivity index (χ0) is 27.6. The summed E-state index contributed by atoms with van der Waals surface area (Å²) in [6, 6.07) is 3.91. The Bertz CT molecular complexity index is 1140. The Kier molecular flexibility index (Phi) is 11.2. The van der Waals surface area contributed by atoms with Gasteiger partial charge in [-0.3, -0.25) is 14.7 Å². The van der Waals surface area contributed by atoms with Gasteiger partial charge in [-0.1, -0.05) is 29.7 Å². The highest BCUT2D eigenvalue weighted by molar-refractivity contribution is 8.18. The van der Waals surface area contributed by atoms with Crippen molar-refractivity contribution in [3.8, 4) is 12.3 Å². The molecule has 13 heteroatoms. The lowest BCUT2D eigenvalue weighted by Crippen LogP contribution is -2.33. The van der Waals surface area contributed by atoms with Crippen molar-refractivity contribution in [3.05, 3.63) is 57.5 Å². The lowest BCUT2D eigenvalue weighted by molar-refractivity contribution is -0.138. The number of amidine groups is 1. The molecule has 0 atom stereocenters. The molecule has 3 N–H and O–H groups in total. The fourth-order valence-corrected chi connectivity index (χ4v) is 4.51. The summed E-state index contributed by atoms with van der Waals surface area (Å²) >= 11 is 6.84. The summed E-state index contributed by atoms with van der Waals surface area (Å²) in [7, 11) is 0. The van der Waals surface area contributed by atoms with E-state index in [0.29, 0.717) is 31.1 Å². The summed E-state index contributed by atoms with van der Waals surface area (Å²) < 4.78 is 39.9. The van der Waals surface area contributed by atoms with Gasteiger partial charge in [0, 0.05) is 23.7 Å². The number of piperidine rings is 1. The molecule has 1 aromatic carbocycles. The van der Waals surface area contributed by atoms with Crippen molar-refractivity contribution in [2.24, 2.45) is 10.9 Å². The number of carboxylic acids is 2. The fraction of sp³-hybridized carbons (Fsp3) is 0.333. The van der Waals surface area contributed by atoms with E-state index in [9.17, 15) is 27.6 Å². The largest absolute Gasteiger partial charge is 0.478 e. The van der Waals surface area contributed by atoms with E-state index in [0.717, 1.165) is 35.6 Å². The third-order valence-corrected chi connectivity index (χ3v) is 6.22. The average molecular weight is 558 g/mol. The Morgan fingerprint density at radius 3 is 2.41 bits per heavy atom. The highest BCUT2D eigenvalue weighted by Crippen LogP contribution is 2.35. The standard InChI is InChI=1S/C20H19ClF3N3OS.C4H4O4/c1-2-7-25-18-17(29-19(28)26-18)10-13-5-8-27(9-6-13)12-14-3-4-15(21)11-16(14)20(22,23)24;5-3(6)1-2-4(7)8/h1,3-4,10-11,13H,5-9,12H2,(H,25,26,28);1-2H,(H,5,6)(H,7,8)/b17-10-;2-1+. The molecule has 8 nitrogen and oxygen atoms in total. The predicted molar refractivity (Wildman–Crippen MR) is 134 cm³/mol. The van der Waals surface area contributed by atoms with Gasteiger partial charge in [0.25, 0.3) is 5.24 Å². The molecule has 37 heavy (non-hydrogen) atoms. The van der Waals surface area contributed by atoms with Crippen LogP contribution >= 0.6 is 23.4 Å². The van der Waals surface area contributed by atoms with Gasteiger partial charge in [-0.2, -0.15) is 13.2 Å². The zero-order valence-corrected chi connectivity index (χ0v) is 20.9. The van der Waals surface area contributed by atoms with Crippen molar-refractivity contribution in [3.63, 3.8) is 0 Å². The van der Waals surface area contributed by atoms with Gasteiger partial charge in [-0.25, -0.2) is 9.59 Å². The van der Waals surface area contributed by atoms with E-state index < -0.39 is 23.7 Å². The molecule has 2 heterocycles. The van der Waals surface area contributed by atoms with E-state index in [1.54, 1.807) is 0 Å². The maximum atomic E-state index is 13.3. The number of alkyl halides is 3. The molecule has 0 unspecified atom stereocenters. The van der Waals surface area contributed by atoms with E-state index in [2.05, 4.69) is 16.2 Å². The van der Waals surface area contributed by atoms with E-state index >= 15 is 0 Å². The summed E-state index contributed by atoms with van der Waals surface area (Å²) in [5.74, 6) is 0.620. The quantitative estimate of drug-likeness (QED) is 0.344. The summed E-state index contributed by atoms with van der Waals surface area (Å²) in [4.78, 5) is 37.7. The first-order valence-corrected chi connectivity index (χ1v) is 12.0. The lowest BCUT2D eigenvalue weighted by Gasteiger charge is -2.31. The second-order valence-corrected chi connectivity index (χ2v) is 9.29. The summed E-state index contributed by atoms with van der Waals surface area (Å²) in [6.07, 6.45) is 5.48. The molecular weight excluding hydrogens is 535 g/mol. The summed E-state index contributed by atoms with van der Waals surface area (Å²) in [5.41, 5.74) is -0.459. The monoisotopic (exact) mass is 557 g/mol. The Labute approximate surface area is 220 Å². The van der Waals surface area contributed by atoms with Crippen LogP contribution in [0.5, 0.6) is 0 Å². The molecule has 2 fully saturated rings. The maximum Gasteiger partial charge on any atom is 0.416 e. The maximum absolute atomic E-state index is 13.3. The van der Waals surface area contributed by atoms with Gasteiger partial charge < -0.3 is 15.5 Å². The van der Waals surface area contributed by atoms with Crippen LogP contribution in [0.4, 0.5) is 18.0 Å². The first-order valence-electron chi connectivity index (χ1n) is 10.8. The van der Waals surface area contributed by atoms with Gasteiger partial charge >= 0.3 is 18.1 Å². The molecule has 2 aliphatic rings. The molecule has 0 spiro atoms. The molecule has 2 aliphatic heterocycles. The molecule has 0 saturated carbocycles. The van der Waals surface area contributed by atoms with Crippen molar-refractivity contribution in [2.45, 2.75) is 25.6 Å². The number of likely N-dealkylation sites (tertiary alicyclic amines) is 1. The summed E-state index contributed by atoms with van der Waals surface area (Å²) in [5, 5.41) is 18.2. The number of hydrogen-bond donors (Lipinski definition) is 3. The average Bonchev–Trinajstić information content (AvgIpc) is 3.17. The van der Waals surface area contributed by atoms with Gasteiger partial charge in [0.2, 0.25) is 0 Å². The van der Waals surface area contributed by atoms with Gasteiger partial charge in [0.1, 0.15) is 12.4 Å². The number of aliphatic carboxylic acids is 2. The van der Waals surface area contributed by atoms with Gasteiger partial charge in [0.15, 0.2) is 0 Å². The normalized spacial score (nSPS) is 18.9.